The van der Waals surface area contributed by atoms with Gasteiger partial charge in [0, 0.05) is 11.1 Å². The van der Waals surface area contributed by atoms with Crippen molar-refractivity contribution in [2.75, 3.05) is 0 Å². The van der Waals surface area contributed by atoms with Crippen LogP contribution in [0, 0.1) is 6.92 Å². The molecule has 0 saturated heterocycles. The fourth-order valence-corrected chi connectivity index (χ4v) is 4.07. The molecule has 2 aromatic carbocycles. The molecule has 0 unspecified atom stereocenters. The van der Waals surface area contributed by atoms with Crippen LogP contribution in [0.4, 0.5) is 0 Å². The summed E-state index contributed by atoms with van der Waals surface area (Å²) in [6, 6.07) is 20.2. The van der Waals surface area contributed by atoms with E-state index in [9.17, 15) is 4.79 Å². The van der Waals surface area contributed by atoms with E-state index in [4.69, 9.17) is 0 Å². The average Bonchev–Trinajstić information content (AvgIpc) is 2.99. The Labute approximate surface area is 133 Å². The molecule has 4 rings (SSSR count). The lowest BCUT2D eigenvalue weighted by Gasteiger charge is -2.13. The first kappa shape index (κ1) is 13.4. The number of nitrogens with zero attached hydrogens (tertiary/aromatic N) is 1. The van der Waals surface area contributed by atoms with Crippen LogP contribution in [0.15, 0.2) is 71.8 Å². The fourth-order valence-electron chi connectivity index (χ4n) is 2.87. The number of thioether (sulfide) groups is 1. The highest BCUT2D eigenvalue weighted by Gasteiger charge is 2.30. The Morgan fingerprint density at radius 1 is 1.00 bits per heavy atom. The second-order valence-corrected chi connectivity index (χ2v) is 6.65. The van der Waals surface area contributed by atoms with E-state index in [2.05, 4.69) is 25.1 Å². The number of fused-ring (bicyclic) bond motifs is 3. The normalized spacial score (nSPS) is 16.8. The van der Waals surface area contributed by atoms with E-state index in [1.165, 1.54) is 5.56 Å². The molecule has 2 nitrogen and oxygen atoms in total. The third kappa shape index (κ3) is 2.09. The van der Waals surface area contributed by atoms with Gasteiger partial charge in [-0.1, -0.05) is 36.4 Å². The van der Waals surface area contributed by atoms with Crippen LogP contribution >= 0.6 is 11.8 Å². The molecular weight excluding hydrogens is 290 g/mol. The predicted octanol–water partition coefficient (Wildman–Crippen LogP) is 4.82. The van der Waals surface area contributed by atoms with Crippen molar-refractivity contribution in [2.24, 2.45) is 0 Å². The van der Waals surface area contributed by atoms with Gasteiger partial charge in [-0.3, -0.25) is 4.79 Å². The summed E-state index contributed by atoms with van der Waals surface area (Å²) in [5, 5.41) is -0.196. The van der Waals surface area contributed by atoms with E-state index >= 15 is 0 Å². The van der Waals surface area contributed by atoms with Crippen LogP contribution in [-0.4, -0.2) is 10.4 Å². The largest absolute Gasteiger partial charge is 0.313 e. The van der Waals surface area contributed by atoms with E-state index in [0.29, 0.717) is 0 Å². The Hall–Kier alpha value is -2.26. The third-order valence-electron chi connectivity index (χ3n) is 3.96. The highest BCUT2D eigenvalue weighted by molar-refractivity contribution is 8.00. The maximum Gasteiger partial charge on any atom is 0.197 e. The van der Waals surface area contributed by atoms with Gasteiger partial charge in [-0.2, -0.15) is 0 Å². The summed E-state index contributed by atoms with van der Waals surface area (Å²) in [4.78, 5) is 14.2. The number of carbonyl (C=O) groups is 1. The van der Waals surface area contributed by atoms with Crippen molar-refractivity contribution >= 4 is 17.5 Å². The van der Waals surface area contributed by atoms with E-state index in [1.54, 1.807) is 11.8 Å². The first-order valence-electron chi connectivity index (χ1n) is 7.28. The van der Waals surface area contributed by atoms with Crippen molar-refractivity contribution in [3.63, 3.8) is 0 Å². The lowest BCUT2D eigenvalue weighted by molar-refractivity contribution is 0.0984. The van der Waals surface area contributed by atoms with E-state index in [-0.39, 0.29) is 11.0 Å². The lowest BCUT2D eigenvalue weighted by Crippen LogP contribution is -2.11. The second-order valence-electron chi connectivity index (χ2n) is 5.51. The van der Waals surface area contributed by atoms with Crippen LogP contribution in [0.5, 0.6) is 0 Å². The monoisotopic (exact) mass is 305 g/mol. The average molecular weight is 305 g/mol. The molecule has 0 N–H and O–H groups in total. The van der Waals surface area contributed by atoms with Gasteiger partial charge in [0.15, 0.2) is 5.78 Å². The number of aromatic nitrogens is 1. The topological polar surface area (TPSA) is 22.0 Å². The number of Topliss-reactive ketones (excluding diaryl/α,β-unsaturated/α-hetero) is 1. The van der Waals surface area contributed by atoms with Crippen LogP contribution in [0.1, 0.15) is 26.9 Å². The maximum atomic E-state index is 13.0. The van der Waals surface area contributed by atoms with E-state index in [1.807, 2.05) is 53.2 Å². The van der Waals surface area contributed by atoms with Crippen molar-refractivity contribution in [2.45, 2.75) is 17.1 Å². The van der Waals surface area contributed by atoms with Gasteiger partial charge in [0.05, 0.1) is 16.6 Å². The number of benzene rings is 2. The molecule has 1 aliphatic rings. The summed E-state index contributed by atoms with van der Waals surface area (Å²) in [5.41, 5.74) is 4.10. The molecule has 0 aliphatic carbocycles. The van der Waals surface area contributed by atoms with Crippen LogP contribution in [0.2, 0.25) is 0 Å². The number of aryl methyl sites for hydroxylation is 1. The minimum Gasteiger partial charge on any atom is -0.313 e. The molecule has 1 aliphatic heterocycles. The number of ketones is 1. The van der Waals surface area contributed by atoms with Gasteiger partial charge in [0.25, 0.3) is 0 Å². The summed E-state index contributed by atoms with van der Waals surface area (Å²) < 4.78 is 2.01. The first-order chi connectivity index (χ1) is 10.7. The summed E-state index contributed by atoms with van der Waals surface area (Å²) in [6.07, 6.45) is 1.97. The number of rotatable bonds is 1. The molecule has 0 fully saturated rings. The maximum absolute atomic E-state index is 13.0. The summed E-state index contributed by atoms with van der Waals surface area (Å²) in [7, 11) is 0. The molecule has 3 heteroatoms. The minimum absolute atomic E-state index is 0.162. The van der Waals surface area contributed by atoms with Gasteiger partial charge in [0.1, 0.15) is 0 Å². The molecule has 22 heavy (non-hydrogen) atoms. The number of hydrogen-bond donors (Lipinski definition) is 0. The standard InChI is InChI=1S/C19H15NOS/c1-13-9-10-17-16(12-13)20-11-5-8-15(20)18(21)19(22-17)14-6-3-2-4-7-14/h2-12,19H,1H3/t19-/m1/s1. The molecular formula is C19H15NOS. The van der Waals surface area contributed by atoms with Crippen molar-refractivity contribution in [1.29, 1.82) is 0 Å². The van der Waals surface area contributed by atoms with E-state index < -0.39 is 0 Å². The quantitative estimate of drug-likeness (QED) is 0.643. The fraction of sp³-hybridized carbons (Fsp3) is 0.105. The Balaban J connectivity index is 1.93. The Kier molecular flexibility index (Phi) is 3.16. The zero-order valence-electron chi connectivity index (χ0n) is 12.2. The molecule has 0 radical (unpaired) electrons. The molecule has 0 spiro atoms. The van der Waals surface area contributed by atoms with Gasteiger partial charge < -0.3 is 4.57 Å². The van der Waals surface area contributed by atoms with Gasteiger partial charge in [-0.05, 0) is 42.3 Å². The molecule has 108 valence electrons. The Morgan fingerprint density at radius 2 is 1.82 bits per heavy atom. The van der Waals surface area contributed by atoms with Gasteiger partial charge in [0.2, 0.25) is 0 Å². The summed E-state index contributed by atoms with van der Waals surface area (Å²) in [6.45, 7) is 2.08. The van der Waals surface area contributed by atoms with Crippen LogP contribution in [0.3, 0.4) is 0 Å². The molecule has 2 heterocycles. The molecule has 0 bridgehead atoms. The van der Waals surface area contributed by atoms with Crippen molar-refractivity contribution in [3.8, 4) is 5.69 Å². The first-order valence-corrected chi connectivity index (χ1v) is 8.16. The minimum atomic E-state index is -0.196. The number of hydrogen-bond acceptors (Lipinski definition) is 2. The zero-order chi connectivity index (χ0) is 15.1. The molecule has 1 aromatic heterocycles. The predicted molar refractivity (Wildman–Crippen MR) is 89.9 cm³/mol. The van der Waals surface area contributed by atoms with E-state index in [0.717, 1.165) is 21.8 Å². The van der Waals surface area contributed by atoms with Gasteiger partial charge >= 0.3 is 0 Å². The van der Waals surface area contributed by atoms with Crippen LogP contribution in [-0.2, 0) is 0 Å². The zero-order valence-corrected chi connectivity index (χ0v) is 13.0. The molecule has 3 aromatic rings. The second kappa shape index (κ2) is 5.18. The smallest absolute Gasteiger partial charge is 0.197 e. The highest BCUT2D eigenvalue weighted by atomic mass is 32.2. The Morgan fingerprint density at radius 3 is 2.64 bits per heavy atom. The molecule has 1 atom stereocenters. The SMILES string of the molecule is Cc1ccc2c(c1)-n1cccc1C(=O)[C@@H](c1ccccc1)S2. The lowest BCUT2D eigenvalue weighted by atomic mass is 10.1. The van der Waals surface area contributed by atoms with Crippen LogP contribution in [0.25, 0.3) is 5.69 Å². The Bertz CT molecular complexity index is 851. The third-order valence-corrected chi connectivity index (χ3v) is 5.28. The molecule has 0 saturated carbocycles. The summed E-state index contributed by atoms with van der Waals surface area (Å²) in [5.74, 6) is 0.162. The number of carbonyl (C=O) groups excluding carboxylic acids is 1. The summed E-state index contributed by atoms with van der Waals surface area (Å²) >= 11 is 1.64. The highest BCUT2D eigenvalue weighted by Crippen LogP contribution is 2.43. The van der Waals surface area contributed by atoms with Crippen molar-refractivity contribution in [1.82, 2.24) is 4.57 Å². The van der Waals surface area contributed by atoms with Gasteiger partial charge in [-0.15, -0.1) is 11.8 Å². The van der Waals surface area contributed by atoms with Crippen molar-refractivity contribution in [3.05, 3.63) is 83.7 Å². The van der Waals surface area contributed by atoms with Crippen LogP contribution < -0.4 is 0 Å². The van der Waals surface area contributed by atoms with Gasteiger partial charge in [-0.25, -0.2) is 0 Å². The van der Waals surface area contributed by atoms with Crippen molar-refractivity contribution < 1.29 is 4.79 Å². The molecule has 0 amide bonds.